The van der Waals surface area contributed by atoms with E-state index in [9.17, 15) is 9.18 Å². The Balaban J connectivity index is 2.27. The van der Waals surface area contributed by atoms with Crippen molar-refractivity contribution >= 4 is 21.9 Å². The number of aliphatic carboxylic acids is 1. The van der Waals surface area contributed by atoms with Crippen molar-refractivity contribution < 1.29 is 19.0 Å². The molecule has 0 aliphatic carbocycles. The van der Waals surface area contributed by atoms with E-state index in [2.05, 4.69) is 15.9 Å². The summed E-state index contributed by atoms with van der Waals surface area (Å²) in [7, 11) is 0. The fourth-order valence-corrected chi connectivity index (χ4v) is 1.49. The first-order valence-corrected chi connectivity index (χ1v) is 5.68. The number of carbonyl (C=O) groups is 1. The molecule has 0 aliphatic heterocycles. The van der Waals surface area contributed by atoms with Crippen molar-refractivity contribution in [1.82, 2.24) is 0 Å². The second-order valence-corrected chi connectivity index (χ2v) is 4.13. The number of ether oxygens (including phenoxy) is 1. The summed E-state index contributed by atoms with van der Waals surface area (Å²) in [6.45, 7) is 0.436. The summed E-state index contributed by atoms with van der Waals surface area (Å²) in [5.41, 5.74) is 0. The lowest BCUT2D eigenvalue weighted by Gasteiger charge is -2.06. The normalized spacial score (nSPS) is 10.1. The van der Waals surface area contributed by atoms with Crippen LogP contribution in [-0.2, 0) is 4.79 Å². The van der Waals surface area contributed by atoms with Gasteiger partial charge in [-0.1, -0.05) is 0 Å². The molecule has 5 heteroatoms. The van der Waals surface area contributed by atoms with Crippen LogP contribution in [0.1, 0.15) is 19.3 Å². The van der Waals surface area contributed by atoms with E-state index in [0.717, 1.165) is 0 Å². The Morgan fingerprint density at radius 3 is 2.81 bits per heavy atom. The Morgan fingerprint density at radius 2 is 2.19 bits per heavy atom. The number of rotatable bonds is 6. The third kappa shape index (κ3) is 4.61. The Labute approximate surface area is 101 Å². The highest BCUT2D eigenvalue weighted by Crippen LogP contribution is 2.21. The SMILES string of the molecule is O=C(O)CCCCOc1ccc(F)c(Br)c1. The number of benzene rings is 1. The van der Waals surface area contributed by atoms with Crippen molar-refractivity contribution in [3.8, 4) is 5.75 Å². The van der Waals surface area contributed by atoms with Crippen LogP contribution in [0.3, 0.4) is 0 Å². The second kappa shape index (κ2) is 6.48. The van der Waals surface area contributed by atoms with Crippen molar-refractivity contribution in [3.05, 3.63) is 28.5 Å². The van der Waals surface area contributed by atoms with Crippen LogP contribution in [0.15, 0.2) is 22.7 Å². The molecule has 0 aromatic heterocycles. The molecule has 1 aromatic carbocycles. The Kier molecular flexibility index (Phi) is 5.25. The van der Waals surface area contributed by atoms with Crippen LogP contribution >= 0.6 is 15.9 Å². The predicted octanol–water partition coefficient (Wildman–Crippen LogP) is 3.22. The topological polar surface area (TPSA) is 46.5 Å². The molecule has 0 saturated heterocycles. The maximum absolute atomic E-state index is 12.9. The summed E-state index contributed by atoms with van der Waals surface area (Å²) >= 11 is 3.06. The van der Waals surface area contributed by atoms with Gasteiger partial charge in [0.25, 0.3) is 0 Å². The highest BCUT2D eigenvalue weighted by Gasteiger charge is 2.01. The molecule has 0 radical (unpaired) electrons. The minimum Gasteiger partial charge on any atom is -0.494 e. The Hall–Kier alpha value is -1.10. The van der Waals surface area contributed by atoms with Gasteiger partial charge in [0.2, 0.25) is 0 Å². The lowest BCUT2D eigenvalue weighted by Crippen LogP contribution is -2.00. The maximum Gasteiger partial charge on any atom is 0.303 e. The molecule has 0 unspecified atom stereocenters. The van der Waals surface area contributed by atoms with Gasteiger partial charge in [-0.2, -0.15) is 0 Å². The van der Waals surface area contributed by atoms with Crippen LogP contribution in [-0.4, -0.2) is 17.7 Å². The van der Waals surface area contributed by atoms with Gasteiger partial charge in [0.05, 0.1) is 11.1 Å². The van der Waals surface area contributed by atoms with Crippen LogP contribution < -0.4 is 4.74 Å². The average molecular weight is 291 g/mol. The van der Waals surface area contributed by atoms with Crippen LogP contribution in [0.4, 0.5) is 4.39 Å². The molecule has 0 heterocycles. The summed E-state index contributed by atoms with van der Waals surface area (Å²) in [6.07, 6.45) is 1.40. The molecule has 0 spiro atoms. The fraction of sp³-hybridized carbons (Fsp3) is 0.364. The number of unbranched alkanes of at least 4 members (excludes halogenated alkanes) is 1. The summed E-state index contributed by atoms with van der Waals surface area (Å²) in [5.74, 6) is -0.564. The average Bonchev–Trinajstić information content (AvgIpc) is 2.22. The van der Waals surface area contributed by atoms with E-state index in [4.69, 9.17) is 9.84 Å². The Bertz CT molecular complexity index is 368. The zero-order valence-electron chi connectivity index (χ0n) is 8.58. The first-order valence-electron chi connectivity index (χ1n) is 4.89. The molecule has 0 aliphatic rings. The van der Waals surface area contributed by atoms with E-state index in [-0.39, 0.29) is 12.2 Å². The minimum atomic E-state index is -0.801. The molecule has 3 nitrogen and oxygen atoms in total. The van der Waals surface area contributed by atoms with E-state index in [1.807, 2.05) is 0 Å². The van der Waals surface area contributed by atoms with E-state index >= 15 is 0 Å². The van der Waals surface area contributed by atoms with Gasteiger partial charge in [0.1, 0.15) is 11.6 Å². The van der Waals surface area contributed by atoms with Crippen LogP contribution in [0.2, 0.25) is 0 Å². The zero-order valence-corrected chi connectivity index (χ0v) is 10.2. The molecule has 16 heavy (non-hydrogen) atoms. The van der Waals surface area contributed by atoms with Gasteiger partial charge in [0, 0.05) is 6.42 Å². The van der Waals surface area contributed by atoms with Crippen molar-refractivity contribution in [1.29, 1.82) is 0 Å². The maximum atomic E-state index is 12.9. The summed E-state index contributed by atoms with van der Waals surface area (Å²) in [4.78, 5) is 10.2. The number of hydrogen-bond donors (Lipinski definition) is 1. The van der Waals surface area contributed by atoms with Crippen LogP contribution in [0.5, 0.6) is 5.75 Å². The van der Waals surface area contributed by atoms with Gasteiger partial charge in [0.15, 0.2) is 0 Å². The van der Waals surface area contributed by atoms with E-state index < -0.39 is 5.97 Å². The highest BCUT2D eigenvalue weighted by atomic mass is 79.9. The predicted molar refractivity (Wildman–Crippen MR) is 61.1 cm³/mol. The second-order valence-electron chi connectivity index (χ2n) is 3.28. The van der Waals surface area contributed by atoms with Gasteiger partial charge in [-0.3, -0.25) is 4.79 Å². The third-order valence-corrected chi connectivity index (χ3v) is 2.55. The third-order valence-electron chi connectivity index (χ3n) is 1.94. The monoisotopic (exact) mass is 290 g/mol. The zero-order chi connectivity index (χ0) is 12.0. The molecule has 88 valence electrons. The lowest BCUT2D eigenvalue weighted by molar-refractivity contribution is -0.137. The molecule has 0 saturated carbocycles. The minimum absolute atomic E-state index is 0.149. The first kappa shape index (κ1) is 13.0. The largest absolute Gasteiger partial charge is 0.494 e. The molecular formula is C11H12BrFO3. The molecule has 0 fully saturated rings. The van der Waals surface area contributed by atoms with Gasteiger partial charge in [-0.25, -0.2) is 4.39 Å². The standard InChI is InChI=1S/C11H12BrFO3/c12-9-7-8(4-5-10(9)13)16-6-2-1-3-11(14)15/h4-5,7H,1-3,6H2,(H,14,15). The molecule has 0 amide bonds. The van der Waals surface area contributed by atoms with Crippen molar-refractivity contribution in [2.75, 3.05) is 6.61 Å². The molecule has 1 aromatic rings. The number of hydrogen-bond acceptors (Lipinski definition) is 2. The smallest absolute Gasteiger partial charge is 0.303 e. The summed E-state index contributed by atoms with van der Waals surface area (Å²) in [5, 5.41) is 8.41. The molecule has 0 atom stereocenters. The quantitative estimate of drug-likeness (QED) is 0.818. The van der Waals surface area contributed by atoms with E-state index in [0.29, 0.717) is 29.7 Å². The summed E-state index contributed by atoms with van der Waals surface area (Å²) in [6, 6.07) is 4.40. The van der Waals surface area contributed by atoms with Gasteiger partial charge < -0.3 is 9.84 Å². The van der Waals surface area contributed by atoms with E-state index in [1.54, 1.807) is 6.07 Å². The number of halogens is 2. The van der Waals surface area contributed by atoms with Crippen LogP contribution in [0, 0.1) is 5.82 Å². The van der Waals surface area contributed by atoms with Crippen molar-refractivity contribution in [3.63, 3.8) is 0 Å². The summed E-state index contributed by atoms with van der Waals surface area (Å²) < 4.78 is 18.6. The number of carboxylic acids is 1. The van der Waals surface area contributed by atoms with Crippen molar-refractivity contribution in [2.45, 2.75) is 19.3 Å². The lowest BCUT2D eigenvalue weighted by atomic mass is 10.2. The van der Waals surface area contributed by atoms with Gasteiger partial charge in [-0.05, 0) is 47.0 Å². The van der Waals surface area contributed by atoms with Gasteiger partial charge in [-0.15, -0.1) is 0 Å². The van der Waals surface area contributed by atoms with Crippen molar-refractivity contribution in [2.24, 2.45) is 0 Å². The first-order chi connectivity index (χ1) is 7.59. The number of carboxylic acid groups (broad SMARTS) is 1. The molecule has 1 rings (SSSR count). The highest BCUT2D eigenvalue weighted by molar-refractivity contribution is 9.10. The van der Waals surface area contributed by atoms with E-state index in [1.165, 1.54) is 12.1 Å². The fourth-order valence-electron chi connectivity index (χ4n) is 1.13. The molecular weight excluding hydrogens is 279 g/mol. The molecule has 0 bridgehead atoms. The Morgan fingerprint density at radius 1 is 1.44 bits per heavy atom. The van der Waals surface area contributed by atoms with Gasteiger partial charge >= 0.3 is 5.97 Å². The van der Waals surface area contributed by atoms with Crippen LogP contribution in [0.25, 0.3) is 0 Å². The molecule has 1 N–H and O–H groups in total.